The van der Waals surface area contributed by atoms with E-state index in [-0.39, 0.29) is 0 Å². The third kappa shape index (κ3) is 2.70. The highest BCUT2D eigenvalue weighted by atomic mass is 127. The maximum Gasteiger partial charge on any atom is 0.106 e. The van der Waals surface area contributed by atoms with E-state index in [1.54, 1.807) is 0 Å². The van der Waals surface area contributed by atoms with E-state index in [0.717, 1.165) is 12.2 Å². The summed E-state index contributed by atoms with van der Waals surface area (Å²) in [6.45, 7) is 7.56. The third-order valence-electron chi connectivity index (χ3n) is 2.72. The zero-order valence-corrected chi connectivity index (χ0v) is 12.6. The Hall–Kier alpha value is -0.840. The molecule has 1 heterocycles. The first-order valence-electron chi connectivity index (χ1n) is 5.88. The molecular weight excluding hydrogens is 323 g/mol. The first-order chi connectivity index (χ1) is 8.09. The molecule has 0 fully saturated rings. The molecule has 0 atom stereocenters. The summed E-state index contributed by atoms with van der Waals surface area (Å²) in [7, 11) is 0. The summed E-state index contributed by atoms with van der Waals surface area (Å²) in [5.74, 6) is 0.619. The smallest absolute Gasteiger partial charge is 0.106 e. The molecule has 2 nitrogen and oxygen atoms in total. The molecule has 2 rings (SSSR count). The minimum absolute atomic E-state index is 0.619. The summed E-state index contributed by atoms with van der Waals surface area (Å²) in [6, 6.07) is 10.4. The Kier molecular flexibility index (Phi) is 3.86. The minimum Gasteiger partial charge on any atom is -0.268 e. The number of halogens is 1. The highest BCUT2D eigenvalue weighted by molar-refractivity contribution is 14.1. The first-order valence-corrected chi connectivity index (χ1v) is 6.95. The molecule has 0 unspecified atom stereocenters. The molecule has 1 aromatic heterocycles. The quantitative estimate of drug-likeness (QED) is 0.769. The summed E-state index contributed by atoms with van der Waals surface area (Å²) in [4.78, 5) is 0. The van der Waals surface area contributed by atoms with Crippen molar-refractivity contribution in [1.82, 2.24) is 9.78 Å². The van der Waals surface area contributed by atoms with Crippen LogP contribution in [0.15, 0.2) is 30.3 Å². The second-order valence-corrected chi connectivity index (χ2v) is 5.77. The predicted molar refractivity (Wildman–Crippen MR) is 80.0 cm³/mol. The van der Waals surface area contributed by atoms with Crippen molar-refractivity contribution < 1.29 is 0 Å². The Morgan fingerprint density at radius 2 is 1.88 bits per heavy atom. The van der Waals surface area contributed by atoms with Crippen molar-refractivity contribution >= 4 is 22.6 Å². The number of nitrogens with zero attached hydrogens (tertiary/aromatic N) is 2. The van der Waals surface area contributed by atoms with Gasteiger partial charge in [-0.25, -0.2) is 0 Å². The van der Waals surface area contributed by atoms with E-state index in [1.165, 1.54) is 14.8 Å². The van der Waals surface area contributed by atoms with E-state index in [4.69, 9.17) is 5.10 Å². The molecule has 0 aliphatic rings. The van der Waals surface area contributed by atoms with E-state index in [2.05, 4.69) is 72.3 Å². The summed E-state index contributed by atoms with van der Waals surface area (Å²) in [5.41, 5.74) is 3.56. The lowest BCUT2D eigenvalue weighted by Gasteiger charge is -2.06. The normalized spacial score (nSPS) is 11.1. The molecule has 2 aromatic rings. The van der Waals surface area contributed by atoms with Crippen LogP contribution in [0, 0.1) is 16.4 Å². The van der Waals surface area contributed by atoms with Gasteiger partial charge in [-0.1, -0.05) is 44.2 Å². The topological polar surface area (TPSA) is 17.8 Å². The van der Waals surface area contributed by atoms with Crippen molar-refractivity contribution in [3.05, 3.63) is 39.6 Å². The minimum atomic E-state index is 0.619. The number of benzene rings is 1. The number of hydrogen-bond acceptors (Lipinski definition) is 1. The third-order valence-corrected chi connectivity index (χ3v) is 4.01. The average Bonchev–Trinajstić information content (AvgIpc) is 2.58. The fraction of sp³-hybridized carbons (Fsp3) is 0.357. The SMILES string of the molecule is Cc1c(I)c(-c2ccccc2)nn1CC(C)C. The van der Waals surface area contributed by atoms with Crippen LogP contribution in [0.3, 0.4) is 0 Å². The molecule has 0 saturated heterocycles. The molecule has 0 aliphatic heterocycles. The second-order valence-electron chi connectivity index (χ2n) is 4.69. The summed E-state index contributed by atoms with van der Waals surface area (Å²) < 4.78 is 3.38. The van der Waals surface area contributed by atoms with E-state index in [1.807, 2.05) is 6.07 Å². The average molecular weight is 340 g/mol. The highest BCUT2D eigenvalue weighted by Gasteiger charge is 2.14. The van der Waals surface area contributed by atoms with Gasteiger partial charge in [-0.3, -0.25) is 4.68 Å². The fourth-order valence-electron chi connectivity index (χ4n) is 1.83. The van der Waals surface area contributed by atoms with Crippen LogP contribution in [0.4, 0.5) is 0 Å². The van der Waals surface area contributed by atoms with Crippen LogP contribution in [0.2, 0.25) is 0 Å². The van der Waals surface area contributed by atoms with E-state index in [9.17, 15) is 0 Å². The lowest BCUT2D eigenvalue weighted by atomic mass is 10.1. The Morgan fingerprint density at radius 1 is 1.24 bits per heavy atom. The molecule has 0 saturated carbocycles. The largest absolute Gasteiger partial charge is 0.268 e. The van der Waals surface area contributed by atoms with Gasteiger partial charge in [0.2, 0.25) is 0 Å². The van der Waals surface area contributed by atoms with Gasteiger partial charge < -0.3 is 0 Å². The fourth-order valence-corrected chi connectivity index (χ4v) is 2.53. The van der Waals surface area contributed by atoms with E-state index in [0.29, 0.717) is 5.92 Å². The van der Waals surface area contributed by atoms with Gasteiger partial charge in [0.25, 0.3) is 0 Å². The standard InChI is InChI=1S/C14H17IN2/c1-10(2)9-17-11(3)13(15)14(16-17)12-7-5-4-6-8-12/h4-8,10H,9H2,1-3H3. The van der Waals surface area contributed by atoms with Crippen molar-refractivity contribution in [3.63, 3.8) is 0 Å². The monoisotopic (exact) mass is 340 g/mol. The van der Waals surface area contributed by atoms with Crippen LogP contribution in [0.5, 0.6) is 0 Å². The lowest BCUT2D eigenvalue weighted by molar-refractivity contribution is 0.475. The Balaban J connectivity index is 2.43. The lowest BCUT2D eigenvalue weighted by Crippen LogP contribution is -2.07. The van der Waals surface area contributed by atoms with Gasteiger partial charge in [0.1, 0.15) is 5.69 Å². The Labute approximate surface area is 116 Å². The van der Waals surface area contributed by atoms with Gasteiger partial charge in [-0.15, -0.1) is 0 Å². The maximum absolute atomic E-state index is 4.73. The molecule has 0 radical (unpaired) electrons. The van der Waals surface area contributed by atoms with Crippen molar-refractivity contribution in [1.29, 1.82) is 0 Å². The van der Waals surface area contributed by atoms with Gasteiger partial charge in [0.05, 0.1) is 3.57 Å². The zero-order chi connectivity index (χ0) is 12.4. The molecule has 3 heteroatoms. The van der Waals surface area contributed by atoms with Crippen LogP contribution in [-0.2, 0) is 6.54 Å². The molecular formula is C14H17IN2. The molecule has 0 amide bonds. The second kappa shape index (κ2) is 5.21. The van der Waals surface area contributed by atoms with E-state index >= 15 is 0 Å². The molecule has 90 valence electrons. The molecule has 0 spiro atoms. The van der Waals surface area contributed by atoms with Crippen molar-refractivity contribution in [3.8, 4) is 11.3 Å². The van der Waals surface area contributed by atoms with Crippen LogP contribution >= 0.6 is 22.6 Å². The van der Waals surface area contributed by atoms with Gasteiger partial charge in [-0.2, -0.15) is 5.10 Å². The van der Waals surface area contributed by atoms with Gasteiger partial charge in [0.15, 0.2) is 0 Å². The number of rotatable bonds is 3. The molecule has 17 heavy (non-hydrogen) atoms. The molecule has 0 N–H and O–H groups in total. The summed E-state index contributed by atoms with van der Waals surface area (Å²) in [5, 5.41) is 4.73. The molecule has 0 bridgehead atoms. The van der Waals surface area contributed by atoms with Crippen LogP contribution in [-0.4, -0.2) is 9.78 Å². The predicted octanol–water partition coefficient (Wildman–Crippen LogP) is 4.12. The Bertz CT molecular complexity index is 500. The molecule has 0 aliphatic carbocycles. The first kappa shape index (κ1) is 12.6. The van der Waals surface area contributed by atoms with Gasteiger partial charge in [-0.05, 0) is 35.4 Å². The van der Waals surface area contributed by atoms with Crippen molar-refractivity contribution in [2.75, 3.05) is 0 Å². The maximum atomic E-state index is 4.73. The van der Waals surface area contributed by atoms with Gasteiger partial charge in [0, 0.05) is 17.8 Å². The highest BCUT2D eigenvalue weighted by Crippen LogP contribution is 2.26. The zero-order valence-electron chi connectivity index (χ0n) is 10.4. The van der Waals surface area contributed by atoms with Crippen molar-refractivity contribution in [2.24, 2.45) is 5.92 Å². The van der Waals surface area contributed by atoms with Crippen molar-refractivity contribution in [2.45, 2.75) is 27.3 Å². The summed E-state index contributed by atoms with van der Waals surface area (Å²) >= 11 is 2.39. The van der Waals surface area contributed by atoms with E-state index < -0.39 is 0 Å². The molecule has 1 aromatic carbocycles. The number of hydrogen-bond donors (Lipinski definition) is 0. The summed E-state index contributed by atoms with van der Waals surface area (Å²) in [6.07, 6.45) is 0. The van der Waals surface area contributed by atoms with Crippen LogP contribution < -0.4 is 0 Å². The number of aromatic nitrogens is 2. The van der Waals surface area contributed by atoms with Crippen LogP contribution in [0.25, 0.3) is 11.3 Å². The van der Waals surface area contributed by atoms with Gasteiger partial charge >= 0.3 is 0 Å². The van der Waals surface area contributed by atoms with Crippen LogP contribution in [0.1, 0.15) is 19.5 Å². The Morgan fingerprint density at radius 3 is 2.47 bits per heavy atom.